The first-order valence-electron chi connectivity index (χ1n) is 9.18. The van der Waals surface area contributed by atoms with Crippen LogP contribution in [0.5, 0.6) is 0 Å². The Kier molecular flexibility index (Phi) is 6.36. The first kappa shape index (κ1) is 20.4. The van der Waals surface area contributed by atoms with Gasteiger partial charge in [-0.1, -0.05) is 29.8 Å². The van der Waals surface area contributed by atoms with E-state index in [9.17, 15) is 9.59 Å². The van der Waals surface area contributed by atoms with Crippen LogP contribution in [-0.4, -0.2) is 62.1 Å². The molecule has 2 unspecified atom stereocenters. The number of methoxy groups -OCH3 is 1. The molecule has 2 atom stereocenters. The molecule has 0 saturated carbocycles. The van der Waals surface area contributed by atoms with Crippen molar-refractivity contribution in [2.24, 2.45) is 10.9 Å². The molecule has 0 bridgehead atoms. The standard InChI is InChI=1S/C20H24ClN3O4/c1-12-16(19(25)27-3)17(14-6-4-5-7-15(14)21)18(13(2)22-12)23-20(26)24-8-10-28-11-9-24/h4-7,13,16H,8-11H2,1-3H3,(H,23,26). The van der Waals surface area contributed by atoms with Crippen LogP contribution in [0, 0.1) is 5.92 Å². The molecule has 8 heteroatoms. The molecule has 3 rings (SSSR count). The fraction of sp³-hybridized carbons (Fsp3) is 0.450. The number of morpholine rings is 1. The SMILES string of the molecule is COC(=O)C1C(C)=NC(C)C(NC(=O)N2CCOCC2)=C1c1ccccc1Cl. The van der Waals surface area contributed by atoms with Gasteiger partial charge in [-0.25, -0.2) is 4.79 Å². The zero-order valence-corrected chi connectivity index (χ0v) is 17.0. The first-order valence-corrected chi connectivity index (χ1v) is 9.56. The molecular formula is C20H24ClN3O4. The van der Waals surface area contributed by atoms with Crippen LogP contribution in [0.25, 0.3) is 5.57 Å². The van der Waals surface area contributed by atoms with Crippen LogP contribution in [0.2, 0.25) is 5.02 Å². The summed E-state index contributed by atoms with van der Waals surface area (Å²) in [5, 5.41) is 3.47. The van der Waals surface area contributed by atoms with E-state index in [0.29, 0.717) is 53.9 Å². The second-order valence-corrected chi connectivity index (χ2v) is 7.15. The highest BCUT2D eigenvalue weighted by molar-refractivity contribution is 6.33. The maximum absolute atomic E-state index is 12.8. The molecule has 2 amide bonds. The lowest BCUT2D eigenvalue weighted by molar-refractivity contribution is -0.141. The minimum atomic E-state index is -0.735. The van der Waals surface area contributed by atoms with E-state index < -0.39 is 11.9 Å². The van der Waals surface area contributed by atoms with Gasteiger partial charge in [0.25, 0.3) is 0 Å². The van der Waals surface area contributed by atoms with Crippen LogP contribution >= 0.6 is 11.6 Å². The minimum absolute atomic E-state index is 0.243. The number of rotatable bonds is 3. The van der Waals surface area contributed by atoms with Gasteiger partial charge in [0.15, 0.2) is 0 Å². The van der Waals surface area contributed by atoms with Crippen molar-refractivity contribution in [1.29, 1.82) is 0 Å². The fourth-order valence-corrected chi connectivity index (χ4v) is 3.79. The Labute approximate surface area is 169 Å². The summed E-state index contributed by atoms with van der Waals surface area (Å²) < 4.78 is 10.3. The van der Waals surface area contributed by atoms with Gasteiger partial charge in [-0.05, 0) is 25.5 Å². The van der Waals surface area contributed by atoms with Gasteiger partial charge in [0, 0.05) is 35.1 Å². The number of nitrogens with zero attached hydrogens (tertiary/aromatic N) is 2. The number of ether oxygens (including phenoxy) is 2. The fourth-order valence-electron chi connectivity index (χ4n) is 3.55. The Balaban J connectivity index is 2.08. The number of amides is 2. The molecule has 0 aliphatic carbocycles. The molecule has 2 aliphatic heterocycles. The molecular weight excluding hydrogens is 382 g/mol. The van der Waals surface area contributed by atoms with E-state index in [1.54, 1.807) is 17.9 Å². The number of carbonyl (C=O) groups excluding carboxylic acids is 2. The van der Waals surface area contributed by atoms with Gasteiger partial charge in [-0.2, -0.15) is 0 Å². The smallest absolute Gasteiger partial charge is 0.321 e. The molecule has 0 spiro atoms. The van der Waals surface area contributed by atoms with Crippen molar-refractivity contribution >= 4 is 34.9 Å². The van der Waals surface area contributed by atoms with Crippen molar-refractivity contribution in [1.82, 2.24) is 10.2 Å². The van der Waals surface area contributed by atoms with Crippen molar-refractivity contribution in [3.63, 3.8) is 0 Å². The van der Waals surface area contributed by atoms with E-state index in [0.717, 1.165) is 0 Å². The Hall–Kier alpha value is -2.38. The summed E-state index contributed by atoms with van der Waals surface area (Å²) in [4.78, 5) is 31.7. The van der Waals surface area contributed by atoms with E-state index in [4.69, 9.17) is 21.1 Å². The normalized spacial score (nSPS) is 22.6. The van der Waals surface area contributed by atoms with Crippen LogP contribution in [0.4, 0.5) is 4.79 Å². The highest BCUT2D eigenvalue weighted by Crippen LogP contribution is 2.37. The van der Waals surface area contributed by atoms with Gasteiger partial charge in [0.1, 0.15) is 5.92 Å². The van der Waals surface area contributed by atoms with E-state index >= 15 is 0 Å². The molecule has 1 fully saturated rings. The zero-order chi connectivity index (χ0) is 20.3. The number of nitrogens with one attached hydrogen (secondary N) is 1. The number of benzene rings is 1. The molecule has 7 nitrogen and oxygen atoms in total. The van der Waals surface area contributed by atoms with Crippen molar-refractivity contribution < 1.29 is 19.1 Å². The number of hydrogen-bond donors (Lipinski definition) is 1. The molecule has 1 N–H and O–H groups in total. The topological polar surface area (TPSA) is 80.2 Å². The molecule has 150 valence electrons. The van der Waals surface area contributed by atoms with Crippen molar-refractivity contribution in [3.8, 4) is 0 Å². The Morgan fingerprint density at radius 2 is 1.96 bits per heavy atom. The quantitative estimate of drug-likeness (QED) is 0.784. The number of hydrogen-bond acceptors (Lipinski definition) is 5. The highest BCUT2D eigenvalue weighted by Gasteiger charge is 2.37. The molecule has 2 heterocycles. The first-order chi connectivity index (χ1) is 13.4. The predicted octanol–water partition coefficient (Wildman–Crippen LogP) is 2.75. The monoisotopic (exact) mass is 405 g/mol. The zero-order valence-electron chi connectivity index (χ0n) is 16.2. The largest absolute Gasteiger partial charge is 0.468 e. The second-order valence-electron chi connectivity index (χ2n) is 6.74. The van der Waals surface area contributed by atoms with Gasteiger partial charge in [-0.15, -0.1) is 0 Å². The number of aliphatic imine (C=N–C) groups is 1. The average molecular weight is 406 g/mol. The van der Waals surface area contributed by atoms with E-state index in [1.807, 2.05) is 25.1 Å². The number of urea groups is 1. The van der Waals surface area contributed by atoms with Gasteiger partial charge in [0.2, 0.25) is 0 Å². The third-order valence-corrected chi connectivity index (χ3v) is 5.28. The molecule has 0 radical (unpaired) electrons. The summed E-state index contributed by atoms with van der Waals surface area (Å²) in [6, 6.07) is 6.67. The maximum atomic E-state index is 12.8. The van der Waals surface area contributed by atoms with Crippen molar-refractivity contribution in [3.05, 3.63) is 40.5 Å². The van der Waals surface area contributed by atoms with Gasteiger partial charge < -0.3 is 19.7 Å². The van der Waals surface area contributed by atoms with Gasteiger partial charge >= 0.3 is 12.0 Å². The summed E-state index contributed by atoms with van der Waals surface area (Å²) >= 11 is 6.45. The van der Waals surface area contributed by atoms with E-state index in [1.165, 1.54) is 7.11 Å². The van der Waals surface area contributed by atoms with Crippen LogP contribution in [-0.2, 0) is 14.3 Å². The number of esters is 1. The summed E-state index contributed by atoms with van der Waals surface area (Å²) in [5.74, 6) is -1.18. The summed E-state index contributed by atoms with van der Waals surface area (Å²) in [5.41, 5.74) is 2.49. The Bertz CT molecular complexity index is 830. The summed E-state index contributed by atoms with van der Waals surface area (Å²) in [6.45, 7) is 5.69. The molecule has 1 aromatic rings. The second kappa shape index (κ2) is 8.75. The highest BCUT2D eigenvalue weighted by atomic mass is 35.5. The predicted molar refractivity (Wildman–Crippen MR) is 107 cm³/mol. The van der Waals surface area contributed by atoms with Crippen LogP contribution in [0.1, 0.15) is 19.4 Å². The molecule has 1 saturated heterocycles. The van der Waals surface area contributed by atoms with Crippen LogP contribution in [0.15, 0.2) is 35.0 Å². The minimum Gasteiger partial charge on any atom is -0.468 e. The third-order valence-electron chi connectivity index (χ3n) is 4.95. The van der Waals surface area contributed by atoms with Crippen LogP contribution < -0.4 is 5.32 Å². The lowest BCUT2D eigenvalue weighted by Gasteiger charge is -2.33. The van der Waals surface area contributed by atoms with E-state index in [-0.39, 0.29) is 12.1 Å². The molecule has 1 aromatic carbocycles. The van der Waals surface area contributed by atoms with E-state index in [2.05, 4.69) is 10.3 Å². The number of carbonyl (C=O) groups is 2. The maximum Gasteiger partial charge on any atom is 0.321 e. The average Bonchev–Trinajstić information content (AvgIpc) is 2.70. The summed E-state index contributed by atoms with van der Waals surface area (Å²) in [7, 11) is 1.34. The molecule has 2 aliphatic rings. The number of dihydropyridines is 1. The Morgan fingerprint density at radius 1 is 1.29 bits per heavy atom. The van der Waals surface area contributed by atoms with Gasteiger partial charge in [0.05, 0.1) is 26.4 Å². The van der Waals surface area contributed by atoms with Crippen LogP contribution in [0.3, 0.4) is 0 Å². The lowest BCUT2D eigenvalue weighted by atomic mass is 9.83. The number of halogens is 1. The van der Waals surface area contributed by atoms with Crippen molar-refractivity contribution in [2.45, 2.75) is 19.9 Å². The van der Waals surface area contributed by atoms with Crippen molar-refractivity contribution in [2.75, 3.05) is 33.4 Å². The molecule has 0 aromatic heterocycles. The van der Waals surface area contributed by atoms with Gasteiger partial charge in [-0.3, -0.25) is 9.79 Å². The third kappa shape index (κ3) is 4.05. The summed E-state index contributed by atoms with van der Waals surface area (Å²) in [6.07, 6.45) is 0. The Morgan fingerprint density at radius 3 is 2.61 bits per heavy atom. The lowest BCUT2D eigenvalue weighted by Crippen LogP contribution is -2.48. The molecule has 28 heavy (non-hydrogen) atoms.